The van der Waals surface area contributed by atoms with E-state index in [9.17, 15) is 0 Å². The molecule has 0 amide bonds. The Labute approximate surface area is 196 Å². The molecule has 0 saturated carbocycles. The summed E-state index contributed by atoms with van der Waals surface area (Å²) in [6.07, 6.45) is 1.02. The number of nitrogen functional groups attached to an aromatic ring is 1. The Morgan fingerprint density at radius 2 is 1.09 bits per heavy atom. The zero-order chi connectivity index (χ0) is 23.2. The minimum atomic E-state index is -0.0992. The quantitative estimate of drug-likeness (QED) is 0.286. The molecule has 0 bridgehead atoms. The van der Waals surface area contributed by atoms with Crippen molar-refractivity contribution in [3.8, 4) is 0 Å². The number of benzene rings is 4. The number of nitrogens with zero attached hydrogens (tertiary/aromatic N) is 1. The topological polar surface area (TPSA) is 30.9 Å². The van der Waals surface area contributed by atoms with E-state index in [1.165, 1.54) is 33.0 Å². The van der Waals surface area contributed by atoms with E-state index < -0.39 is 0 Å². The summed E-state index contributed by atoms with van der Waals surface area (Å²) < 4.78 is 1.83. The molecule has 0 saturated heterocycles. The number of rotatable bonds is 5. The van der Waals surface area contributed by atoms with Crippen molar-refractivity contribution in [1.82, 2.24) is 4.68 Å². The van der Waals surface area contributed by atoms with Gasteiger partial charge in [-0.3, -0.25) is 4.68 Å². The Bertz CT molecular complexity index is 1430. The van der Waals surface area contributed by atoms with Crippen LogP contribution in [0.3, 0.4) is 0 Å². The van der Waals surface area contributed by atoms with Crippen LogP contribution in [-0.4, -0.2) is 4.68 Å². The molecule has 2 nitrogen and oxygen atoms in total. The first-order chi connectivity index (χ1) is 15.9. The van der Waals surface area contributed by atoms with Gasteiger partial charge in [0.15, 0.2) is 0 Å². The maximum Gasteiger partial charge on any atom is 0.0703 e. The molecule has 2 N–H and O–H groups in total. The summed E-state index contributed by atoms with van der Waals surface area (Å²) in [6.45, 7) is 9.19. The highest BCUT2D eigenvalue weighted by atomic mass is 15.3. The second-order valence-electron chi connectivity index (χ2n) is 9.88. The van der Waals surface area contributed by atoms with Gasteiger partial charge in [-0.2, -0.15) is 0 Å². The first-order valence-corrected chi connectivity index (χ1v) is 11.8. The third-order valence-electron chi connectivity index (χ3n) is 7.77. The lowest BCUT2D eigenvalue weighted by molar-refractivity contribution is 0.550. The minimum Gasteiger partial charge on any atom is -0.339 e. The molecular formula is C31H32N2. The molecule has 1 aromatic heterocycles. The van der Waals surface area contributed by atoms with E-state index in [0.29, 0.717) is 0 Å². The Morgan fingerprint density at radius 1 is 0.606 bits per heavy atom. The Kier molecular flexibility index (Phi) is 5.05. The number of fused-ring (bicyclic) bond motifs is 3. The first kappa shape index (κ1) is 21.3. The highest BCUT2D eigenvalue weighted by molar-refractivity contribution is 6.08. The highest BCUT2D eigenvalue weighted by Crippen LogP contribution is 2.40. The zero-order valence-corrected chi connectivity index (χ0v) is 20.0. The molecule has 1 atom stereocenters. The van der Waals surface area contributed by atoms with Crippen LogP contribution in [0, 0.1) is 0 Å². The molecule has 166 valence electrons. The first-order valence-electron chi connectivity index (χ1n) is 11.8. The molecule has 5 rings (SSSR count). The van der Waals surface area contributed by atoms with Gasteiger partial charge < -0.3 is 5.84 Å². The van der Waals surface area contributed by atoms with Crippen molar-refractivity contribution in [3.63, 3.8) is 0 Å². The van der Waals surface area contributed by atoms with Gasteiger partial charge in [0.1, 0.15) is 0 Å². The third-order valence-corrected chi connectivity index (χ3v) is 7.77. The maximum atomic E-state index is 6.56. The summed E-state index contributed by atoms with van der Waals surface area (Å²) in [4.78, 5) is 0. The number of hydrogen-bond acceptors (Lipinski definition) is 1. The number of nitrogens with two attached hydrogens (primary N) is 1. The van der Waals surface area contributed by atoms with Gasteiger partial charge in [-0.05, 0) is 52.9 Å². The fraction of sp³-hybridized carbons (Fsp3) is 0.226. The van der Waals surface area contributed by atoms with Crippen molar-refractivity contribution in [2.75, 3.05) is 5.84 Å². The molecule has 4 aromatic carbocycles. The smallest absolute Gasteiger partial charge is 0.0703 e. The van der Waals surface area contributed by atoms with E-state index in [1.807, 2.05) is 4.68 Å². The van der Waals surface area contributed by atoms with Gasteiger partial charge in [0, 0.05) is 21.6 Å². The predicted molar refractivity (Wildman–Crippen MR) is 141 cm³/mol. The second-order valence-corrected chi connectivity index (χ2v) is 9.88. The molecular weight excluding hydrogens is 400 g/mol. The van der Waals surface area contributed by atoms with Crippen molar-refractivity contribution in [3.05, 3.63) is 119 Å². The Morgan fingerprint density at radius 3 is 1.64 bits per heavy atom. The molecule has 1 heterocycles. The van der Waals surface area contributed by atoms with Gasteiger partial charge in [-0.1, -0.05) is 100 Å². The lowest BCUT2D eigenvalue weighted by Gasteiger charge is -2.30. The predicted octanol–water partition coefficient (Wildman–Crippen LogP) is 7.55. The van der Waals surface area contributed by atoms with Gasteiger partial charge in [0.05, 0.1) is 11.0 Å². The Balaban J connectivity index is 1.72. The van der Waals surface area contributed by atoms with Crippen molar-refractivity contribution in [2.45, 2.75) is 44.9 Å². The van der Waals surface area contributed by atoms with Gasteiger partial charge in [0.25, 0.3) is 0 Å². The van der Waals surface area contributed by atoms with E-state index in [0.717, 1.165) is 17.5 Å². The Hall–Kier alpha value is -3.52. The molecule has 2 heteroatoms. The monoisotopic (exact) mass is 432 g/mol. The van der Waals surface area contributed by atoms with Gasteiger partial charge in [0.2, 0.25) is 0 Å². The molecule has 0 radical (unpaired) electrons. The SMILES string of the molecule is CCC(C)(c1ccccc1)c1ccc2c(c1)c1cc(C(C)(C)c3ccccc3)ccc1n2N. The molecule has 1 unspecified atom stereocenters. The van der Waals surface area contributed by atoms with E-state index in [1.54, 1.807) is 0 Å². The van der Waals surface area contributed by atoms with Crippen LogP contribution < -0.4 is 5.84 Å². The fourth-order valence-electron chi connectivity index (χ4n) is 5.19. The molecule has 0 aliphatic heterocycles. The molecule has 33 heavy (non-hydrogen) atoms. The lowest BCUT2D eigenvalue weighted by atomic mass is 9.74. The molecule has 0 aliphatic carbocycles. The summed E-state index contributed by atoms with van der Waals surface area (Å²) in [5.41, 5.74) is 7.24. The average Bonchev–Trinajstić information content (AvgIpc) is 3.15. The van der Waals surface area contributed by atoms with E-state index in [2.05, 4.69) is 125 Å². The maximum absolute atomic E-state index is 6.56. The highest BCUT2D eigenvalue weighted by Gasteiger charge is 2.28. The van der Waals surface area contributed by atoms with E-state index >= 15 is 0 Å². The zero-order valence-electron chi connectivity index (χ0n) is 20.0. The van der Waals surface area contributed by atoms with Crippen LogP contribution in [-0.2, 0) is 10.8 Å². The normalized spacial score (nSPS) is 13.9. The standard InChI is InChI=1S/C31H32N2/c1-5-31(4,23-14-10-7-11-15-23)25-17-19-29-27(21-25)26-20-24(16-18-28(26)33(29)32)30(2,3)22-12-8-6-9-13-22/h6-21H,5,32H2,1-4H3. The number of hydrogen-bond donors (Lipinski definition) is 1. The van der Waals surface area contributed by atoms with E-state index in [-0.39, 0.29) is 10.8 Å². The van der Waals surface area contributed by atoms with Crippen LogP contribution in [0.4, 0.5) is 0 Å². The average molecular weight is 433 g/mol. The van der Waals surface area contributed by atoms with Crippen LogP contribution >= 0.6 is 0 Å². The van der Waals surface area contributed by atoms with Gasteiger partial charge in [-0.15, -0.1) is 0 Å². The lowest BCUT2D eigenvalue weighted by Crippen LogP contribution is -2.22. The number of aromatic nitrogens is 1. The summed E-state index contributed by atoms with van der Waals surface area (Å²) >= 11 is 0. The second kappa shape index (κ2) is 7.81. The van der Waals surface area contributed by atoms with E-state index in [4.69, 9.17) is 5.84 Å². The minimum absolute atomic E-state index is 0.0562. The largest absolute Gasteiger partial charge is 0.339 e. The van der Waals surface area contributed by atoms with Crippen molar-refractivity contribution in [2.24, 2.45) is 0 Å². The van der Waals surface area contributed by atoms with Crippen LogP contribution in [0.15, 0.2) is 97.1 Å². The molecule has 0 aliphatic rings. The van der Waals surface area contributed by atoms with Crippen molar-refractivity contribution in [1.29, 1.82) is 0 Å². The third kappa shape index (κ3) is 3.33. The molecule has 0 spiro atoms. The van der Waals surface area contributed by atoms with Gasteiger partial charge >= 0.3 is 0 Å². The van der Waals surface area contributed by atoms with Crippen LogP contribution in [0.2, 0.25) is 0 Å². The fourth-order valence-corrected chi connectivity index (χ4v) is 5.19. The van der Waals surface area contributed by atoms with Crippen molar-refractivity contribution >= 4 is 21.8 Å². The summed E-state index contributed by atoms with van der Waals surface area (Å²) in [5, 5.41) is 2.42. The molecule has 0 fully saturated rings. The summed E-state index contributed by atoms with van der Waals surface area (Å²) in [7, 11) is 0. The van der Waals surface area contributed by atoms with Crippen LogP contribution in [0.25, 0.3) is 21.8 Å². The molecule has 5 aromatic rings. The van der Waals surface area contributed by atoms with Crippen molar-refractivity contribution < 1.29 is 0 Å². The van der Waals surface area contributed by atoms with Gasteiger partial charge in [-0.25, -0.2) is 0 Å². The summed E-state index contributed by atoms with van der Waals surface area (Å²) in [5.74, 6) is 6.56. The van der Waals surface area contributed by atoms with Crippen LogP contribution in [0.5, 0.6) is 0 Å². The van der Waals surface area contributed by atoms with Crippen LogP contribution in [0.1, 0.15) is 56.4 Å². The summed E-state index contributed by atoms with van der Waals surface area (Å²) in [6, 6.07) is 35.1.